The van der Waals surface area contributed by atoms with Gasteiger partial charge in [0.25, 0.3) is 11.8 Å². The van der Waals surface area contributed by atoms with Crippen molar-refractivity contribution in [1.82, 2.24) is 4.90 Å². The minimum Gasteiger partial charge on any atom is -0.455 e. The number of rotatable bonds is 5. The Bertz CT molecular complexity index is 1030. The lowest BCUT2D eigenvalue weighted by Crippen LogP contribution is -2.37. The van der Waals surface area contributed by atoms with Crippen LogP contribution in [-0.2, 0) is 4.79 Å². The van der Waals surface area contributed by atoms with Crippen LogP contribution in [0, 0.1) is 0 Å². The zero-order valence-corrected chi connectivity index (χ0v) is 14.8. The molecule has 6 nitrogen and oxygen atoms in total. The summed E-state index contributed by atoms with van der Waals surface area (Å²) in [5.74, 6) is -0.332. The van der Waals surface area contributed by atoms with E-state index in [1.807, 2.05) is 18.2 Å². The molecule has 1 aliphatic rings. The summed E-state index contributed by atoms with van der Waals surface area (Å²) < 4.78 is 5.81. The predicted octanol–water partition coefficient (Wildman–Crippen LogP) is 3.71. The molecule has 0 saturated heterocycles. The highest BCUT2D eigenvalue weighted by Gasteiger charge is 2.36. The molecular formula is C22H16N2O4. The number of carbonyl (C=O) groups is 3. The molecule has 4 rings (SSSR count). The molecule has 0 bridgehead atoms. The fourth-order valence-electron chi connectivity index (χ4n) is 2.99. The normalized spacial score (nSPS) is 12.6. The van der Waals surface area contributed by atoms with Gasteiger partial charge in [0.15, 0.2) is 5.75 Å². The molecule has 0 fully saturated rings. The highest BCUT2D eigenvalue weighted by atomic mass is 16.5. The molecular weight excluding hydrogens is 356 g/mol. The fraction of sp³-hybridized carbons (Fsp3) is 0.0455. The molecule has 28 heavy (non-hydrogen) atoms. The second-order valence-electron chi connectivity index (χ2n) is 6.20. The Morgan fingerprint density at radius 2 is 1.36 bits per heavy atom. The number of imide groups is 1. The Morgan fingerprint density at radius 1 is 0.786 bits per heavy atom. The lowest BCUT2D eigenvalue weighted by Gasteiger charge is -2.15. The highest BCUT2D eigenvalue weighted by Crippen LogP contribution is 2.29. The molecule has 0 radical (unpaired) electrons. The van der Waals surface area contributed by atoms with Gasteiger partial charge in [0.1, 0.15) is 12.3 Å². The number of amides is 3. The summed E-state index contributed by atoms with van der Waals surface area (Å²) in [6.07, 6.45) is 0. The number of carbonyl (C=O) groups excluding carboxylic acids is 3. The monoisotopic (exact) mass is 372 g/mol. The quantitative estimate of drug-likeness (QED) is 0.693. The Balaban J connectivity index is 1.48. The number of benzene rings is 3. The summed E-state index contributed by atoms with van der Waals surface area (Å²) in [6.45, 7) is -0.369. The Labute approximate surface area is 161 Å². The van der Waals surface area contributed by atoms with Gasteiger partial charge in [0.05, 0.1) is 16.8 Å². The maximum absolute atomic E-state index is 12.5. The van der Waals surface area contributed by atoms with Gasteiger partial charge in [-0.1, -0.05) is 42.5 Å². The third kappa shape index (κ3) is 3.35. The van der Waals surface area contributed by atoms with Gasteiger partial charge in [-0.2, -0.15) is 0 Å². The van der Waals surface area contributed by atoms with Crippen LogP contribution in [0.4, 0.5) is 5.69 Å². The van der Waals surface area contributed by atoms with Crippen molar-refractivity contribution in [3.63, 3.8) is 0 Å². The molecule has 0 atom stereocenters. The van der Waals surface area contributed by atoms with Crippen LogP contribution >= 0.6 is 0 Å². The third-order valence-electron chi connectivity index (χ3n) is 4.31. The van der Waals surface area contributed by atoms with Crippen LogP contribution in [0.2, 0.25) is 0 Å². The van der Waals surface area contributed by atoms with E-state index in [2.05, 4.69) is 5.32 Å². The van der Waals surface area contributed by atoms with Crippen molar-refractivity contribution in [2.24, 2.45) is 0 Å². The van der Waals surface area contributed by atoms with Gasteiger partial charge in [-0.3, -0.25) is 19.3 Å². The van der Waals surface area contributed by atoms with E-state index in [4.69, 9.17) is 4.74 Å². The van der Waals surface area contributed by atoms with E-state index in [0.29, 0.717) is 28.3 Å². The fourth-order valence-corrected chi connectivity index (χ4v) is 2.99. The molecule has 1 heterocycles. The van der Waals surface area contributed by atoms with E-state index in [1.54, 1.807) is 60.7 Å². The van der Waals surface area contributed by atoms with E-state index in [0.717, 1.165) is 4.90 Å². The number of nitrogens with one attached hydrogen (secondary N) is 1. The van der Waals surface area contributed by atoms with Crippen LogP contribution in [0.15, 0.2) is 78.9 Å². The summed E-state index contributed by atoms with van der Waals surface area (Å²) in [5.41, 5.74) is 1.08. The van der Waals surface area contributed by atoms with Crippen molar-refractivity contribution < 1.29 is 19.1 Å². The standard InChI is InChI=1S/C22H16N2O4/c25-20(14-24-21(26)16-10-4-5-11-17(16)22(24)27)23-18-12-6-7-13-19(18)28-15-8-2-1-3-9-15/h1-13H,14H2,(H,23,25). The van der Waals surface area contributed by atoms with E-state index < -0.39 is 17.7 Å². The van der Waals surface area contributed by atoms with Gasteiger partial charge >= 0.3 is 0 Å². The van der Waals surface area contributed by atoms with Crippen LogP contribution < -0.4 is 10.1 Å². The minimum absolute atomic E-state index is 0.313. The number of nitrogens with zero attached hydrogens (tertiary/aromatic N) is 1. The van der Waals surface area contributed by atoms with E-state index >= 15 is 0 Å². The van der Waals surface area contributed by atoms with Crippen LogP contribution in [0.5, 0.6) is 11.5 Å². The maximum Gasteiger partial charge on any atom is 0.262 e. The molecule has 3 aromatic rings. The summed E-state index contributed by atoms with van der Waals surface area (Å²) in [4.78, 5) is 38.3. The molecule has 1 aliphatic heterocycles. The zero-order chi connectivity index (χ0) is 19.5. The lowest BCUT2D eigenvalue weighted by atomic mass is 10.1. The summed E-state index contributed by atoms with van der Waals surface area (Å²) >= 11 is 0. The van der Waals surface area contributed by atoms with Crippen molar-refractivity contribution in [1.29, 1.82) is 0 Å². The van der Waals surface area contributed by atoms with Gasteiger partial charge in [-0.25, -0.2) is 0 Å². The van der Waals surface area contributed by atoms with Gasteiger partial charge in [-0.05, 0) is 36.4 Å². The van der Waals surface area contributed by atoms with Gasteiger partial charge in [0.2, 0.25) is 5.91 Å². The van der Waals surface area contributed by atoms with Crippen molar-refractivity contribution in [2.75, 3.05) is 11.9 Å². The van der Waals surface area contributed by atoms with Gasteiger partial charge < -0.3 is 10.1 Å². The number of fused-ring (bicyclic) bond motifs is 1. The summed E-state index contributed by atoms with van der Waals surface area (Å²) in [5, 5.41) is 2.72. The Morgan fingerprint density at radius 3 is 2.04 bits per heavy atom. The average Bonchev–Trinajstić information content (AvgIpc) is 2.95. The first-order valence-corrected chi connectivity index (χ1v) is 8.70. The predicted molar refractivity (Wildman–Crippen MR) is 103 cm³/mol. The third-order valence-corrected chi connectivity index (χ3v) is 4.31. The van der Waals surface area contributed by atoms with Crippen molar-refractivity contribution in [3.8, 4) is 11.5 Å². The Kier molecular flexibility index (Phi) is 4.60. The molecule has 3 amide bonds. The summed E-state index contributed by atoms with van der Waals surface area (Å²) in [6, 6.07) is 22.7. The van der Waals surface area contributed by atoms with Crippen LogP contribution in [-0.4, -0.2) is 29.2 Å². The van der Waals surface area contributed by atoms with Gasteiger partial charge in [-0.15, -0.1) is 0 Å². The molecule has 1 N–H and O–H groups in total. The lowest BCUT2D eigenvalue weighted by molar-refractivity contribution is -0.116. The second kappa shape index (κ2) is 7.36. The number of hydrogen-bond acceptors (Lipinski definition) is 4. The maximum atomic E-state index is 12.5. The van der Waals surface area contributed by atoms with Gasteiger partial charge in [0, 0.05) is 0 Å². The molecule has 0 unspecified atom stereocenters. The Hall–Kier alpha value is -3.93. The van der Waals surface area contributed by atoms with E-state index in [1.165, 1.54) is 0 Å². The van der Waals surface area contributed by atoms with E-state index in [9.17, 15) is 14.4 Å². The van der Waals surface area contributed by atoms with Crippen LogP contribution in [0.25, 0.3) is 0 Å². The largest absolute Gasteiger partial charge is 0.455 e. The van der Waals surface area contributed by atoms with Crippen molar-refractivity contribution in [2.45, 2.75) is 0 Å². The SMILES string of the molecule is O=C(CN1C(=O)c2ccccc2C1=O)Nc1ccccc1Oc1ccccc1. The smallest absolute Gasteiger partial charge is 0.262 e. The zero-order valence-electron chi connectivity index (χ0n) is 14.8. The second-order valence-corrected chi connectivity index (χ2v) is 6.20. The minimum atomic E-state index is -0.487. The summed E-state index contributed by atoms with van der Waals surface area (Å²) in [7, 11) is 0. The molecule has 0 aliphatic carbocycles. The van der Waals surface area contributed by atoms with Crippen LogP contribution in [0.3, 0.4) is 0 Å². The van der Waals surface area contributed by atoms with Crippen molar-refractivity contribution in [3.05, 3.63) is 90.0 Å². The molecule has 138 valence electrons. The van der Waals surface area contributed by atoms with E-state index in [-0.39, 0.29) is 6.54 Å². The first-order valence-electron chi connectivity index (χ1n) is 8.70. The van der Waals surface area contributed by atoms with Crippen molar-refractivity contribution >= 4 is 23.4 Å². The molecule has 6 heteroatoms. The number of hydrogen-bond donors (Lipinski definition) is 1. The highest BCUT2D eigenvalue weighted by molar-refractivity contribution is 6.22. The first-order chi connectivity index (χ1) is 13.6. The molecule has 0 aromatic heterocycles. The molecule has 3 aromatic carbocycles. The molecule has 0 saturated carbocycles. The van der Waals surface area contributed by atoms with Crippen LogP contribution in [0.1, 0.15) is 20.7 Å². The number of para-hydroxylation sites is 3. The topological polar surface area (TPSA) is 75.7 Å². The number of ether oxygens (including phenoxy) is 1. The molecule has 0 spiro atoms. The average molecular weight is 372 g/mol. The first kappa shape index (κ1) is 17.5. The number of anilines is 1.